The summed E-state index contributed by atoms with van der Waals surface area (Å²) < 4.78 is 22.7. The number of rotatable bonds is 4. The zero-order chi connectivity index (χ0) is 13.2. The van der Waals surface area contributed by atoms with E-state index in [-0.39, 0.29) is 30.0 Å². The van der Waals surface area contributed by atoms with Gasteiger partial charge in [0.2, 0.25) is 5.91 Å². The van der Waals surface area contributed by atoms with E-state index >= 15 is 0 Å². The third-order valence-electron chi connectivity index (χ3n) is 3.03. The molecular weight excluding hydrogens is 272 g/mol. The Balaban J connectivity index is 1.84. The molecule has 0 radical (unpaired) electrons. The summed E-state index contributed by atoms with van der Waals surface area (Å²) in [6.07, 6.45) is 0.616. The van der Waals surface area contributed by atoms with Gasteiger partial charge in [-0.15, -0.1) is 0 Å². The summed E-state index contributed by atoms with van der Waals surface area (Å²) in [5, 5.41) is 6.53. The van der Waals surface area contributed by atoms with Crippen molar-refractivity contribution in [3.05, 3.63) is 16.8 Å². The fourth-order valence-electron chi connectivity index (χ4n) is 2.01. The van der Waals surface area contributed by atoms with Crippen LogP contribution >= 0.6 is 11.3 Å². The summed E-state index contributed by atoms with van der Waals surface area (Å²) >= 11 is 1.52. The number of hydrogen-bond donors (Lipinski definition) is 1. The van der Waals surface area contributed by atoms with Crippen LogP contribution in [0.25, 0.3) is 0 Å². The first kappa shape index (κ1) is 13.5. The van der Waals surface area contributed by atoms with Crippen molar-refractivity contribution < 1.29 is 13.2 Å². The third kappa shape index (κ3) is 3.54. The molecule has 2 rings (SSSR count). The van der Waals surface area contributed by atoms with Crippen molar-refractivity contribution in [1.82, 2.24) is 4.90 Å². The van der Waals surface area contributed by atoms with E-state index in [4.69, 9.17) is 0 Å². The van der Waals surface area contributed by atoms with Crippen molar-refractivity contribution >= 4 is 32.8 Å². The summed E-state index contributed by atoms with van der Waals surface area (Å²) in [4.78, 5) is 13.6. The highest BCUT2D eigenvalue weighted by Gasteiger charge is 2.31. The second kappa shape index (κ2) is 5.38. The zero-order valence-electron chi connectivity index (χ0n) is 10.1. The molecule has 1 N–H and O–H groups in total. The minimum absolute atomic E-state index is 0.0387. The number of anilines is 1. The second-order valence-corrected chi connectivity index (χ2v) is 7.54. The number of sulfone groups is 1. The Morgan fingerprint density at radius 1 is 1.61 bits per heavy atom. The van der Waals surface area contributed by atoms with Crippen molar-refractivity contribution in [2.24, 2.45) is 0 Å². The Kier molecular flexibility index (Phi) is 4.04. The highest BCUT2D eigenvalue weighted by Crippen LogP contribution is 2.16. The molecule has 0 saturated carbocycles. The number of likely N-dealkylation sites (N-methyl/N-ethyl adjacent to an activating group) is 1. The van der Waals surface area contributed by atoms with Crippen LogP contribution in [0.4, 0.5) is 5.69 Å². The van der Waals surface area contributed by atoms with Crippen molar-refractivity contribution in [2.45, 2.75) is 12.5 Å². The average Bonchev–Trinajstić information content (AvgIpc) is 2.87. The second-order valence-electron chi connectivity index (χ2n) is 4.53. The Morgan fingerprint density at radius 2 is 2.39 bits per heavy atom. The number of hydrogen-bond acceptors (Lipinski definition) is 5. The fraction of sp³-hybridized carbons (Fsp3) is 0.545. The fourth-order valence-corrected chi connectivity index (χ4v) is 4.41. The topological polar surface area (TPSA) is 66.5 Å². The molecule has 1 saturated heterocycles. The van der Waals surface area contributed by atoms with E-state index in [1.165, 1.54) is 11.3 Å². The van der Waals surface area contributed by atoms with Crippen LogP contribution in [0.2, 0.25) is 0 Å². The lowest BCUT2D eigenvalue weighted by Crippen LogP contribution is -2.38. The van der Waals surface area contributed by atoms with Crippen LogP contribution in [0.3, 0.4) is 0 Å². The SMILES string of the molecule is CN(CC(=O)Nc1ccsc1)[C@@H]1CCS(=O)(=O)C1. The van der Waals surface area contributed by atoms with Gasteiger partial charge in [-0.3, -0.25) is 9.69 Å². The van der Waals surface area contributed by atoms with Gasteiger partial charge in [0.15, 0.2) is 9.84 Å². The molecule has 5 nitrogen and oxygen atoms in total. The Bertz CT molecular complexity index is 510. The van der Waals surface area contributed by atoms with Gasteiger partial charge in [0, 0.05) is 11.4 Å². The normalized spacial score (nSPS) is 22.2. The van der Waals surface area contributed by atoms with E-state index in [9.17, 15) is 13.2 Å². The lowest BCUT2D eigenvalue weighted by Gasteiger charge is -2.22. The summed E-state index contributed by atoms with van der Waals surface area (Å²) in [6, 6.07) is 1.80. The van der Waals surface area contributed by atoms with Crippen molar-refractivity contribution in [3.63, 3.8) is 0 Å². The van der Waals surface area contributed by atoms with Crippen LogP contribution < -0.4 is 5.32 Å². The molecule has 1 fully saturated rings. The molecule has 7 heteroatoms. The lowest BCUT2D eigenvalue weighted by atomic mass is 10.2. The molecule has 0 unspecified atom stereocenters. The van der Waals surface area contributed by atoms with Gasteiger partial charge >= 0.3 is 0 Å². The molecular formula is C11H16N2O3S2. The molecule has 1 aliphatic rings. The quantitative estimate of drug-likeness (QED) is 0.890. The van der Waals surface area contributed by atoms with Gasteiger partial charge in [0.05, 0.1) is 23.7 Å². The van der Waals surface area contributed by atoms with Gasteiger partial charge in [-0.05, 0) is 24.9 Å². The molecule has 1 aromatic heterocycles. The first-order valence-corrected chi connectivity index (χ1v) is 8.45. The van der Waals surface area contributed by atoms with Gasteiger partial charge in [0.25, 0.3) is 0 Å². The molecule has 0 spiro atoms. The summed E-state index contributed by atoms with van der Waals surface area (Å²) in [6.45, 7) is 0.218. The maximum atomic E-state index is 11.7. The molecule has 1 amide bonds. The van der Waals surface area contributed by atoms with Gasteiger partial charge in [-0.1, -0.05) is 0 Å². The van der Waals surface area contributed by atoms with Crippen LogP contribution in [-0.2, 0) is 14.6 Å². The van der Waals surface area contributed by atoms with Crippen LogP contribution in [0, 0.1) is 0 Å². The largest absolute Gasteiger partial charge is 0.324 e. The maximum Gasteiger partial charge on any atom is 0.238 e. The highest BCUT2D eigenvalue weighted by atomic mass is 32.2. The molecule has 0 aromatic carbocycles. The van der Waals surface area contributed by atoms with Crippen LogP contribution in [0.1, 0.15) is 6.42 Å². The molecule has 18 heavy (non-hydrogen) atoms. The number of thiophene rings is 1. The standard InChI is InChI=1S/C11H16N2O3S2/c1-13(10-3-5-18(15,16)8-10)6-11(14)12-9-2-4-17-7-9/h2,4,7,10H,3,5-6,8H2,1H3,(H,12,14)/t10-/m1/s1. The van der Waals surface area contributed by atoms with E-state index in [0.717, 1.165) is 5.69 Å². The number of amides is 1. The molecule has 1 atom stereocenters. The minimum Gasteiger partial charge on any atom is -0.324 e. The van der Waals surface area contributed by atoms with Gasteiger partial charge < -0.3 is 5.32 Å². The first-order chi connectivity index (χ1) is 8.46. The monoisotopic (exact) mass is 288 g/mol. The van der Waals surface area contributed by atoms with Crippen molar-refractivity contribution in [1.29, 1.82) is 0 Å². The summed E-state index contributed by atoms with van der Waals surface area (Å²) in [7, 11) is -1.11. The van der Waals surface area contributed by atoms with Gasteiger partial charge in [-0.25, -0.2) is 8.42 Å². The molecule has 100 valence electrons. The number of carbonyl (C=O) groups excluding carboxylic acids is 1. The Hall–Kier alpha value is -0.920. The molecule has 1 aliphatic heterocycles. The van der Waals surface area contributed by atoms with E-state index in [1.807, 2.05) is 21.7 Å². The third-order valence-corrected chi connectivity index (χ3v) is 5.46. The summed E-state index contributed by atoms with van der Waals surface area (Å²) in [5.41, 5.74) is 0.789. The van der Waals surface area contributed by atoms with Gasteiger partial charge in [-0.2, -0.15) is 11.3 Å². The first-order valence-electron chi connectivity index (χ1n) is 5.69. The van der Waals surface area contributed by atoms with Crippen molar-refractivity contribution in [2.75, 3.05) is 30.4 Å². The van der Waals surface area contributed by atoms with E-state index in [1.54, 1.807) is 7.05 Å². The van der Waals surface area contributed by atoms with Gasteiger partial charge in [0.1, 0.15) is 0 Å². The molecule has 0 bridgehead atoms. The zero-order valence-corrected chi connectivity index (χ0v) is 11.8. The number of carbonyl (C=O) groups is 1. The van der Waals surface area contributed by atoms with Crippen LogP contribution in [0.15, 0.2) is 16.8 Å². The molecule has 0 aliphatic carbocycles. The number of nitrogens with zero attached hydrogens (tertiary/aromatic N) is 1. The molecule has 1 aromatic rings. The van der Waals surface area contributed by atoms with Crippen LogP contribution in [0.5, 0.6) is 0 Å². The minimum atomic E-state index is -2.90. The predicted octanol–water partition coefficient (Wildman–Crippen LogP) is 0.805. The van der Waals surface area contributed by atoms with E-state index in [0.29, 0.717) is 6.42 Å². The van der Waals surface area contributed by atoms with Crippen molar-refractivity contribution in [3.8, 4) is 0 Å². The van der Waals surface area contributed by atoms with Crippen LogP contribution in [-0.4, -0.2) is 50.4 Å². The van der Waals surface area contributed by atoms with E-state index < -0.39 is 9.84 Å². The average molecular weight is 288 g/mol. The highest BCUT2D eigenvalue weighted by molar-refractivity contribution is 7.91. The smallest absolute Gasteiger partial charge is 0.238 e. The number of nitrogens with one attached hydrogen (secondary N) is 1. The maximum absolute atomic E-state index is 11.7. The van der Waals surface area contributed by atoms with E-state index in [2.05, 4.69) is 5.32 Å². The Morgan fingerprint density at radius 3 is 2.94 bits per heavy atom. The molecule has 2 heterocycles. The lowest BCUT2D eigenvalue weighted by molar-refractivity contribution is -0.117. The summed E-state index contributed by atoms with van der Waals surface area (Å²) in [5.74, 6) is 0.281. The Labute approximate surface area is 111 Å². The predicted molar refractivity (Wildman–Crippen MR) is 72.6 cm³/mol.